The molecule has 0 spiro atoms. The number of nitrogens with zero attached hydrogens (tertiary/aromatic N) is 1. The summed E-state index contributed by atoms with van der Waals surface area (Å²) in [5.74, 6) is 1.09. The van der Waals surface area contributed by atoms with Gasteiger partial charge in [0.2, 0.25) is 0 Å². The molecule has 4 nitrogen and oxygen atoms in total. The minimum atomic E-state index is -0.308. The van der Waals surface area contributed by atoms with E-state index in [1.165, 1.54) is 0 Å². The van der Waals surface area contributed by atoms with Gasteiger partial charge in [-0.1, -0.05) is 22.0 Å². The van der Waals surface area contributed by atoms with Gasteiger partial charge in [-0.25, -0.2) is 0 Å². The average Bonchev–Trinajstić information content (AvgIpc) is 2.53. The standard InChI is InChI=1S/C18H20BrNO3/c1-20-6-5-18-9-10(21)3-4-12(18)14(20)7-11-13(19)8-15(23-2)17(22)16(11)18/h3-4,8,12,14,22H,5-7,9H2,1-2H3/t12-,14+,18-/m0/s1. The molecule has 2 bridgehead atoms. The van der Waals surface area contributed by atoms with Crippen LogP contribution in [0.3, 0.4) is 0 Å². The number of hydrogen-bond donors (Lipinski definition) is 1. The Morgan fingerprint density at radius 2 is 2.26 bits per heavy atom. The van der Waals surface area contributed by atoms with E-state index in [9.17, 15) is 9.90 Å². The number of phenolic OH excluding ortho intramolecular Hbond substituents is 1. The monoisotopic (exact) mass is 377 g/mol. The first-order valence-electron chi connectivity index (χ1n) is 7.98. The number of likely N-dealkylation sites (N-methyl/N-ethyl adjacent to an activating group) is 1. The van der Waals surface area contributed by atoms with Crippen molar-refractivity contribution in [2.75, 3.05) is 20.7 Å². The first-order chi connectivity index (χ1) is 11.0. The maximum absolute atomic E-state index is 12.2. The van der Waals surface area contributed by atoms with Crippen molar-refractivity contribution in [2.45, 2.75) is 30.7 Å². The Bertz CT molecular complexity index is 729. The summed E-state index contributed by atoms with van der Waals surface area (Å²) in [6.45, 7) is 0.940. The average molecular weight is 378 g/mol. The van der Waals surface area contributed by atoms with Crippen molar-refractivity contribution in [1.82, 2.24) is 4.90 Å². The van der Waals surface area contributed by atoms with Crippen molar-refractivity contribution in [3.05, 3.63) is 33.8 Å². The van der Waals surface area contributed by atoms with Gasteiger partial charge >= 0.3 is 0 Å². The van der Waals surface area contributed by atoms with E-state index in [1.54, 1.807) is 13.2 Å². The quantitative estimate of drug-likeness (QED) is 0.817. The van der Waals surface area contributed by atoms with Crippen molar-refractivity contribution in [1.29, 1.82) is 0 Å². The van der Waals surface area contributed by atoms with Gasteiger partial charge in [0.05, 0.1) is 7.11 Å². The second-order valence-corrected chi connectivity index (χ2v) is 7.80. The van der Waals surface area contributed by atoms with E-state index in [1.807, 2.05) is 6.07 Å². The van der Waals surface area contributed by atoms with E-state index in [4.69, 9.17) is 4.74 Å². The largest absolute Gasteiger partial charge is 0.504 e. The number of phenols is 1. The van der Waals surface area contributed by atoms with Crippen LogP contribution in [0.4, 0.5) is 0 Å². The van der Waals surface area contributed by atoms with Crippen molar-refractivity contribution in [3.8, 4) is 11.5 Å². The van der Waals surface area contributed by atoms with Gasteiger partial charge in [0.25, 0.3) is 0 Å². The minimum absolute atomic E-state index is 0.149. The van der Waals surface area contributed by atoms with Gasteiger partial charge in [-0.2, -0.15) is 0 Å². The number of ether oxygens (including phenoxy) is 1. The molecule has 1 saturated heterocycles. The summed E-state index contributed by atoms with van der Waals surface area (Å²) in [4.78, 5) is 14.6. The highest BCUT2D eigenvalue weighted by Gasteiger charge is 2.55. The van der Waals surface area contributed by atoms with E-state index >= 15 is 0 Å². The zero-order chi connectivity index (χ0) is 16.4. The van der Waals surface area contributed by atoms with Crippen LogP contribution in [0.2, 0.25) is 0 Å². The summed E-state index contributed by atoms with van der Waals surface area (Å²) in [7, 11) is 3.72. The van der Waals surface area contributed by atoms with Crippen LogP contribution in [0.25, 0.3) is 0 Å². The summed E-state index contributed by atoms with van der Waals surface area (Å²) < 4.78 is 6.32. The number of halogens is 1. The summed E-state index contributed by atoms with van der Waals surface area (Å²) in [5.41, 5.74) is 1.74. The maximum atomic E-state index is 12.2. The molecule has 1 aromatic rings. The topological polar surface area (TPSA) is 49.8 Å². The van der Waals surface area contributed by atoms with Crippen LogP contribution in [-0.4, -0.2) is 42.5 Å². The summed E-state index contributed by atoms with van der Waals surface area (Å²) >= 11 is 3.65. The number of benzene rings is 1. The number of fused-ring (bicyclic) bond motifs is 1. The Balaban J connectivity index is 2.03. The molecule has 0 amide bonds. The van der Waals surface area contributed by atoms with E-state index in [0.29, 0.717) is 18.2 Å². The Hall–Kier alpha value is -1.33. The van der Waals surface area contributed by atoms with Gasteiger partial charge < -0.3 is 14.7 Å². The van der Waals surface area contributed by atoms with Crippen LogP contribution >= 0.6 is 15.9 Å². The highest BCUT2D eigenvalue weighted by molar-refractivity contribution is 9.10. The van der Waals surface area contributed by atoms with Crippen LogP contribution in [0.1, 0.15) is 24.0 Å². The zero-order valence-corrected chi connectivity index (χ0v) is 14.9. The molecule has 1 N–H and O–H groups in total. The number of hydrogen-bond acceptors (Lipinski definition) is 4. The van der Waals surface area contributed by atoms with E-state index in [-0.39, 0.29) is 22.9 Å². The molecule has 1 aromatic carbocycles. The molecule has 0 unspecified atom stereocenters. The molecule has 4 rings (SSSR count). The SMILES string of the molecule is COc1cc(Br)c2c(c1O)[C@]13CCN(C)[C@H](C2)[C@@H]1C=CC(=O)C3. The van der Waals surface area contributed by atoms with E-state index in [0.717, 1.165) is 35.0 Å². The molecule has 1 aliphatic heterocycles. The smallest absolute Gasteiger partial charge is 0.161 e. The third-order valence-corrected chi connectivity index (χ3v) is 6.67. The van der Waals surface area contributed by atoms with Gasteiger partial charge in [-0.3, -0.25) is 4.79 Å². The second kappa shape index (κ2) is 5.08. The number of aromatic hydroxyl groups is 1. The molecule has 0 aromatic heterocycles. The predicted molar refractivity (Wildman–Crippen MR) is 91.0 cm³/mol. The number of allylic oxidation sites excluding steroid dienone is 1. The fraction of sp³-hybridized carbons (Fsp3) is 0.500. The highest BCUT2D eigenvalue weighted by Crippen LogP contribution is 2.58. The lowest BCUT2D eigenvalue weighted by molar-refractivity contribution is -0.118. The number of carbonyl (C=O) groups excluding carboxylic acids is 1. The lowest BCUT2D eigenvalue weighted by Gasteiger charge is -2.56. The molecule has 2 aliphatic carbocycles. The van der Waals surface area contributed by atoms with Crippen molar-refractivity contribution in [3.63, 3.8) is 0 Å². The van der Waals surface area contributed by atoms with E-state index < -0.39 is 0 Å². The molecular formula is C18H20BrNO3. The zero-order valence-electron chi connectivity index (χ0n) is 13.3. The maximum Gasteiger partial charge on any atom is 0.161 e. The lowest BCUT2D eigenvalue weighted by Crippen LogP contribution is -2.59. The first-order valence-corrected chi connectivity index (χ1v) is 8.77. The molecule has 122 valence electrons. The van der Waals surface area contributed by atoms with Crippen molar-refractivity contribution >= 4 is 21.7 Å². The number of ketones is 1. The molecule has 23 heavy (non-hydrogen) atoms. The molecule has 0 saturated carbocycles. The van der Waals surface area contributed by atoms with Crippen molar-refractivity contribution in [2.24, 2.45) is 5.92 Å². The molecule has 3 aliphatic rings. The molecule has 1 heterocycles. The van der Waals surface area contributed by atoms with Crippen molar-refractivity contribution < 1.29 is 14.6 Å². The number of carbonyl (C=O) groups is 1. The molecule has 3 atom stereocenters. The van der Waals surface area contributed by atoms with Gasteiger partial charge in [-0.15, -0.1) is 0 Å². The number of rotatable bonds is 1. The van der Waals surface area contributed by atoms with Crippen LogP contribution in [0.15, 0.2) is 22.7 Å². The lowest BCUT2D eigenvalue weighted by atomic mass is 9.53. The predicted octanol–water partition coefficient (Wildman–Crippen LogP) is 2.81. The third kappa shape index (κ3) is 1.96. The minimum Gasteiger partial charge on any atom is -0.504 e. The van der Waals surface area contributed by atoms with Gasteiger partial charge in [0.1, 0.15) is 0 Å². The summed E-state index contributed by atoms with van der Waals surface area (Å²) in [6.07, 6.45) is 6.02. The normalized spacial score (nSPS) is 32.4. The molecule has 5 heteroatoms. The van der Waals surface area contributed by atoms with E-state index in [2.05, 4.69) is 34.0 Å². The fourth-order valence-corrected chi connectivity index (χ4v) is 5.44. The van der Waals surface area contributed by atoms with Gasteiger partial charge in [0.15, 0.2) is 17.3 Å². The van der Waals surface area contributed by atoms with Gasteiger partial charge in [-0.05, 0) is 44.1 Å². The summed E-state index contributed by atoms with van der Waals surface area (Å²) in [5, 5.41) is 10.9. The highest BCUT2D eigenvalue weighted by atomic mass is 79.9. The Kier molecular flexibility index (Phi) is 3.36. The van der Waals surface area contributed by atoms with Crippen LogP contribution in [0, 0.1) is 5.92 Å². The Labute approximate surface area is 144 Å². The van der Waals surface area contributed by atoms with Crippen LogP contribution < -0.4 is 4.74 Å². The fourth-order valence-electron chi connectivity index (χ4n) is 4.87. The first kappa shape index (κ1) is 15.2. The number of likely N-dealkylation sites (tertiary alicyclic amines) is 1. The molecular weight excluding hydrogens is 358 g/mol. The summed E-state index contributed by atoms with van der Waals surface area (Å²) in [6, 6.07) is 2.20. The number of methoxy groups -OCH3 is 1. The van der Waals surface area contributed by atoms with Gasteiger partial charge in [0, 0.05) is 33.8 Å². The Morgan fingerprint density at radius 3 is 3.00 bits per heavy atom. The molecule has 0 radical (unpaired) electrons. The van der Waals surface area contributed by atoms with Crippen LogP contribution in [0.5, 0.6) is 11.5 Å². The third-order valence-electron chi connectivity index (χ3n) is 5.96. The van der Waals surface area contributed by atoms with Crippen LogP contribution in [-0.2, 0) is 16.6 Å². The Morgan fingerprint density at radius 1 is 1.48 bits per heavy atom. The molecule has 1 fully saturated rings. The second-order valence-electron chi connectivity index (χ2n) is 6.95. The number of piperidine rings is 1.